The smallest absolute Gasteiger partial charge is 0.0943 e. The van der Waals surface area contributed by atoms with Gasteiger partial charge in [0.25, 0.3) is 0 Å². The minimum atomic E-state index is -0.718. The average Bonchev–Trinajstić information content (AvgIpc) is 2.79. The third-order valence-electron chi connectivity index (χ3n) is 5.85. The molecule has 0 aliphatic carbocycles. The third kappa shape index (κ3) is 2.76. The summed E-state index contributed by atoms with van der Waals surface area (Å²) >= 11 is 0. The molecule has 2 unspecified atom stereocenters. The van der Waals surface area contributed by atoms with Crippen LogP contribution in [0.5, 0.6) is 0 Å². The molecule has 1 N–H and O–H groups in total. The van der Waals surface area contributed by atoms with Crippen molar-refractivity contribution in [1.82, 2.24) is 9.88 Å². The lowest BCUT2D eigenvalue weighted by Crippen LogP contribution is -2.49. The lowest BCUT2D eigenvalue weighted by molar-refractivity contribution is -0.0601. The molecule has 0 spiro atoms. The van der Waals surface area contributed by atoms with E-state index >= 15 is 0 Å². The molecular formula is C21H26N2O. The Morgan fingerprint density at radius 2 is 1.71 bits per heavy atom. The highest BCUT2D eigenvalue weighted by Crippen LogP contribution is 2.46. The first-order valence-corrected chi connectivity index (χ1v) is 9.02. The van der Waals surface area contributed by atoms with Crippen molar-refractivity contribution >= 4 is 0 Å². The Bertz CT molecular complexity index is 714. The molecule has 2 atom stereocenters. The summed E-state index contributed by atoms with van der Waals surface area (Å²) in [5.41, 5.74) is 3.68. The molecular weight excluding hydrogens is 296 g/mol. The molecule has 1 aromatic heterocycles. The van der Waals surface area contributed by atoms with Gasteiger partial charge in [-0.1, -0.05) is 36.4 Å². The largest absolute Gasteiger partial charge is 0.385 e. The molecule has 2 saturated heterocycles. The summed E-state index contributed by atoms with van der Waals surface area (Å²) in [4.78, 5) is 7.19. The highest BCUT2D eigenvalue weighted by Gasteiger charge is 2.48. The van der Waals surface area contributed by atoms with Crippen LogP contribution in [0.1, 0.15) is 48.2 Å². The van der Waals surface area contributed by atoms with Crippen molar-refractivity contribution in [3.05, 3.63) is 65.0 Å². The number of aromatic nitrogens is 1. The van der Waals surface area contributed by atoms with Crippen LogP contribution in [0.25, 0.3) is 0 Å². The van der Waals surface area contributed by atoms with E-state index in [0.717, 1.165) is 36.3 Å². The quantitative estimate of drug-likeness (QED) is 0.936. The topological polar surface area (TPSA) is 36.4 Å². The second-order valence-electron chi connectivity index (χ2n) is 7.57. The maximum atomic E-state index is 11.4. The van der Waals surface area contributed by atoms with Crippen LogP contribution in [0.2, 0.25) is 0 Å². The van der Waals surface area contributed by atoms with Gasteiger partial charge in [0.15, 0.2) is 0 Å². The molecule has 0 radical (unpaired) electrons. The number of aryl methyl sites for hydroxylation is 2. The van der Waals surface area contributed by atoms with E-state index in [-0.39, 0.29) is 0 Å². The number of hydrogen-bond donors (Lipinski definition) is 1. The predicted octanol–water partition coefficient (Wildman–Crippen LogP) is 3.71. The van der Waals surface area contributed by atoms with E-state index in [1.54, 1.807) is 0 Å². The zero-order valence-electron chi connectivity index (χ0n) is 14.6. The Labute approximate surface area is 144 Å². The number of piperidine rings is 1. The highest BCUT2D eigenvalue weighted by atomic mass is 16.3. The summed E-state index contributed by atoms with van der Waals surface area (Å²) in [5, 5.41) is 11.4. The van der Waals surface area contributed by atoms with Crippen molar-refractivity contribution in [2.24, 2.45) is 0 Å². The minimum absolute atomic E-state index is 0.467. The number of rotatable bonds is 3. The van der Waals surface area contributed by atoms with Crippen molar-refractivity contribution < 1.29 is 5.11 Å². The van der Waals surface area contributed by atoms with Crippen LogP contribution < -0.4 is 0 Å². The number of fused-ring (bicyclic) bond motifs is 2. The van der Waals surface area contributed by atoms with Gasteiger partial charge in [-0.15, -0.1) is 0 Å². The van der Waals surface area contributed by atoms with Gasteiger partial charge < -0.3 is 5.11 Å². The second kappa shape index (κ2) is 5.98. The Morgan fingerprint density at radius 3 is 2.33 bits per heavy atom. The van der Waals surface area contributed by atoms with Crippen LogP contribution in [0.3, 0.4) is 0 Å². The Kier molecular flexibility index (Phi) is 3.93. The second-order valence-corrected chi connectivity index (χ2v) is 7.57. The van der Waals surface area contributed by atoms with Crippen LogP contribution in [0.4, 0.5) is 0 Å². The molecule has 126 valence electrons. The Morgan fingerprint density at radius 1 is 1.04 bits per heavy atom. The Balaban J connectivity index is 1.57. The van der Waals surface area contributed by atoms with E-state index in [1.807, 2.05) is 19.9 Å². The van der Waals surface area contributed by atoms with Crippen molar-refractivity contribution in [3.8, 4) is 0 Å². The van der Waals surface area contributed by atoms with E-state index in [9.17, 15) is 5.11 Å². The fraction of sp³-hybridized carbons (Fsp3) is 0.476. The summed E-state index contributed by atoms with van der Waals surface area (Å²) in [6.45, 7) is 5.03. The van der Waals surface area contributed by atoms with Gasteiger partial charge >= 0.3 is 0 Å². The van der Waals surface area contributed by atoms with Gasteiger partial charge in [-0.2, -0.15) is 0 Å². The molecule has 2 bridgehead atoms. The van der Waals surface area contributed by atoms with Gasteiger partial charge in [-0.3, -0.25) is 9.88 Å². The van der Waals surface area contributed by atoms with Gasteiger partial charge in [-0.25, -0.2) is 0 Å². The lowest BCUT2D eigenvalue weighted by Gasteiger charge is -2.44. The molecule has 0 saturated carbocycles. The lowest BCUT2D eigenvalue weighted by atomic mass is 9.79. The molecule has 3 heteroatoms. The van der Waals surface area contributed by atoms with E-state index in [1.165, 1.54) is 18.4 Å². The summed E-state index contributed by atoms with van der Waals surface area (Å²) < 4.78 is 0. The van der Waals surface area contributed by atoms with E-state index in [4.69, 9.17) is 0 Å². The zero-order chi connectivity index (χ0) is 16.7. The number of hydrogen-bond acceptors (Lipinski definition) is 3. The molecule has 3 nitrogen and oxygen atoms in total. The summed E-state index contributed by atoms with van der Waals surface area (Å²) in [6, 6.07) is 15.7. The SMILES string of the molecule is Cc1ccc(C2(O)CC3CCC(C2)N3Cc2ccccc2)c(C)n1. The third-order valence-corrected chi connectivity index (χ3v) is 5.85. The van der Waals surface area contributed by atoms with Gasteiger partial charge in [0.05, 0.1) is 5.60 Å². The maximum Gasteiger partial charge on any atom is 0.0943 e. The first kappa shape index (κ1) is 15.8. The van der Waals surface area contributed by atoms with Gasteiger partial charge in [0, 0.05) is 35.6 Å². The van der Waals surface area contributed by atoms with Gasteiger partial charge in [-0.05, 0) is 51.2 Å². The van der Waals surface area contributed by atoms with Gasteiger partial charge in [0.2, 0.25) is 0 Å². The molecule has 24 heavy (non-hydrogen) atoms. The molecule has 3 heterocycles. The molecule has 2 aromatic rings. The number of aliphatic hydroxyl groups is 1. The van der Waals surface area contributed by atoms with Crippen LogP contribution in [0, 0.1) is 13.8 Å². The average molecular weight is 322 g/mol. The molecule has 0 amide bonds. The van der Waals surface area contributed by atoms with Crippen LogP contribution in [-0.4, -0.2) is 27.1 Å². The monoisotopic (exact) mass is 322 g/mol. The zero-order valence-corrected chi connectivity index (χ0v) is 14.6. The number of pyridine rings is 1. The van der Waals surface area contributed by atoms with Gasteiger partial charge in [0.1, 0.15) is 0 Å². The van der Waals surface area contributed by atoms with Crippen molar-refractivity contribution in [2.45, 2.75) is 63.8 Å². The standard InChI is InChI=1S/C21H26N2O/c1-15-8-11-20(16(2)22-15)21(24)12-18-9-10-19(13-21)23(18)14-17-6-4-3-5-7-17/h3-8,11,18-19,24H,9-10,12-14H2,1-2H3. The maximum absolute atomic E-state index is 11.4. The number of nitrogens with zero attached hydrogens (tertiary/aromatic N) is 2. The normalized spacial score (nSPS) is 29.8. The van der Waals surface area contributed by atoms with Crippen LogP contribution in [-0.2, 0) is 12.1 Å². The molecule has 2 aliphatic rings. The fourth-order valence-corrected chi connectivity index (χ4v) is 4.77. The molecule has 2 aliphatic heterocycles. The van der Waals surface area contributed by atoms with Crippen molar-refractivity contribution in [1.29, 1.82) is 0 Å². The summed E-state index contributed by atoms with van der Waals surface area (Å²) in [7, 11) is 0. The number of benzene rings is 1. The fourth-order valence-electron chi connectivity index (χ4n) is 4.77. The molecule has 4 rings (SSSR count). The van der Waals surface area contributed by atoms with Crippen LogP contribution in [0.15, 0.2) is 42.5 Å². The van der Waals surface area contributed by atoms with Crippen molar-refractivity contribution in [3.63, 3.8) is 0 Å². The summed E-state index contributed by atoms with van der Waals surface area (Å²) in [6.07, 6.45) is 4.03. The first-order valence-electron chi connectivity index (χ1n) is 9.02. The summed E-state index contributed by atoms with van der Waals surface area (Å²) in [5.74, 6) is 0. The van der Waals surface area contributed by atoms with E-state index < -0.39 is 5.60 Å². The van der Waals surface area contributed by atoms with E-state index in [2.05, 4.69) is 46.3 Å². The first-order chi connectivity index (χ1) is 11.5. The van der Waals surface area contributed by atoms with E-state index in [0.29, 0.717) is 12.1 Å². The van der Waals surface area contributed by atoms with Crippen molar-refractivity contribution in [2.75, 3.05) is 0 Å². The molecule has 2 fully saturated rings. The predicted molar refractivity (Wildman–Crippen MR) is 95.6 cm³/mol. The molecule has 1 aromatic carbocycles. The minimum Gasteiger partial charge on any atom is -0.385 e. The Hall–Kier alpha value is -1.71. The highest BCUT2D eigenvalue weighted by molar-refractivity contribution is 5.30. The van der Waals surface area contributed by atoms with Crippen LogP contribution >= 0.6 is 0 Å².